The summed E-state index contributed by atoms with van der Waals surface area (Å²) < 4.78 is 0. The van der Waals surface area contributed by atoms with Gasteiger partial charge in [0.2, 0.25) is 0 Å². The fraction of sp³-hybridized carbons (Fsp3) is 0.0909. The number of hydrogen-bond acceptors (Lipinski definition) is 4. The first-order valence-electron chi connectivity index (χ1n) is 4.74. The highest BCUT2D eigenvalue weighted by atomic mass is 14.9. The van der Waals surface area contributed by atoms with Crippen LogP contribution in [0.2, 0.25) is 0 Å². The van der Waals surface area contributed by atoms with Gasteiger partial charge in [-0.1, -0.05) is 18.2 Å². The SMILES string of the molecule is NC1=C2C=CC=C2c2ncnc(N)c2C1. The topological polar surface area (TPSA) is 77.8 Å². The maximum absolute atomic E-state index is 5.98. The molecule has 0 aliphatic heterocycles. The van der Waals surface area contributed by atoms with Gasteiger partial charge in [0.25, 0.3) is 0 Å². The normalized spacial score (nSPS) is 17.5. The third-order valence-electron chi connectivity index (χ3n) is 2.76. The predicted octanol–water partition coefficient (Wildman–Crippen LogP) is 0.781. The van der Waals surface area contributed by atoms with Crippen molar-refractivity contribution in [3.8, 4) is 0 Å². The number of aromatic nitrogens is 2. The highest BCUT2D eigenvalue weighted by molar-refractivity contribution is 5.89. The number of allylic oxidation sites excluding steroid dienone is 6. The molecule has 4 N–H and O–H groups in total. The lowest BCUT2D eigenvalue weighted by Crippen LogP contribution is -2.16. The molecule has 1 aromatic heterocycles. The van der Waals surface area contributed by atoms with Gasteiger partial charge in [0.05, 0.1) is 5.69 Å². The third-order valence-corrected chi connectivity index (χ3v) is 2.76. The minimum atomic E-state index is 0.523. The van der Waals surface area contributed by atoms with Gasteiger partial charge in [-0.3, -0.25) is 0 Å². The molecule has 0 spiro atoms. The van der Waals surface area contributed by atoms with Crippen LogP contribution in [0.25, 0.3) is 5.57 Å². The van der Waals surface area contributed by atoms with Crippen LogP contribution in [-0.2, 0) is 6.42 Å². The van der Waals surface area contributed by atoms with Crippen molar-refractivity contribution in [3.63, 3.8) is 0 Å². The Morgan fingerprint density at radius 1 is 1.20 bits per heavy atom. The summed E-state index contributed by atoms with van der Waals surface area (Å²) in [5.74, 6) is 0.523. The summed E-state index contributed by atoms with van der Waals surface area (Å²) in [6.45, 7) is 0. The molecule has 0 aromatic carbocycles. The van der Waals surface area contributed by atoms with Crippen LogP contribution >= 0.6 is 0 Å². The number of fused-ring (bicyclic) bond motifs is 3. The molecule has 2 aliphatic rings. The summed E-state index contributed by atoms with van der Waals surface area (Å²) >= 11 is 0. The molecular weight excluding hydrogens is 188 g/mol. The van der Waals surface area contributed by atoms with Gasteiger partial charge in [-0.2, -0.15) is 0 Å². The van der Waals surface area contributed by atoms with Gasteiger partial charge >= 0.3 is 0 Å². The molecule has 3 rings (SSSR count). The lowest BCUT2D eigenvalue weighted by atomic mass is 9.91. The van der Waals surface area contributed by atoms with E-state index >= 15 is 0 Å². The molecule has 15 heavy (non-hydrogen) atoms. The van der Waals surface area contributed by atoms with Gasteiger partial charge in [0.15, 0.2) is 0 Å². The quantitative estimate of drug-likeness (QED) is 0.645. The summed E-state index contributed by atoms with van der Waals surface area (Å²) in [4.78, 5) is 8.25. The second-order valence-electron chi connectivity index (χ2n) is 3.64. The smallest absolute Gasteiger partial charge is 0.131 e. The molecule has 1 aromatic rings. The Morgan fingerprint density at radius 2 is 2.07 bits per heavy atom. The van der Waals surface area contributed by atoms with Crippen LogP contribution in [-0.4, -0.2) is 9.97 Å². The van der Waals surface area contributed by atoms with E-state index in [2.05, 4.69) is 9.97 Å². The van der Waals surface area contributed by atoms with Crippen molar-refractivity contribution in [2.75, 3.05) is 5.73 Å². The highest BCUT2D eigenvalue weighted by Crippen LogP contribution is 2.37. The average Bonchev–Trinajstić information content (AvgIpc) is 2.69. The minimum absolute atomic E-state index is 0.523. The Morgan fingerprint density at radius 3 is 2.93 bits per heavy atom. The van der Waals surface area contributed by atoms with E-state index in [0.717, 1.165) is 28.1 Å². The van der Waals surface area contributed by atoms with E-state index in [-0.39, 0.29) is 0 Å². The van der Waals surface area contributed by atoms with E-state index in [1.54, 1.807) is 0 Å². The Kier molecular flexibility index (Phi) is 1.48. The number of nitrogens with zero attached hydrogens (tertiary/aromatic N) is 2. The molecule has 0 unspecified atom stereocenters. The van der Waals surface area contributed by atoms with Crippen molar-refractivity contribution in [1.82, 2.24) is 9.97 Å². The maximum Gasteiger partial charge on any atom is 0.131 e. The molecule has 0 saturated carbocycles. The van der Waals surface area contributed by atoms with Gasteiger partial charge in [0.1, 0.15) is 12.1 Å². The fourth-order valence-electron chi connectivity index (χ4n) is 2.02. The van der Waals surface area contributed by atoms with E-state index in [9.17, 15) is 0 Å². The van der Waals surface area contributed by atoms with Crippen LogP contribution in [0, 0.1) is 0 Å². The van der Waals surface area contributed by atoms with Crippen LogP contribution in [0.1, 0.15) is 11.3 Å². The van der Waals surface area contributed by atoms with E-state index < -0.39 is 0 Å². The maximum atomic E-state index is 5.98. The van der Waals surface area contributed by atoms with Gasteiger partial charge in [-0.15, -0.1) is 0 Å². The van der Waals surface area contributed by atoms with E-state index in [4.69, 9.17) is 11.5 Å². The minimum Gasteiger partial charge on any atom is -0.401 e. The second kappa shape index (κ2) is 2.70. The molecule has 4 heteroatoms. The molecule has 0 amide bonds. The van der Waals surface area contributed by atoms with E-state index in [1.807, 2.05) is 18.2 Å². The molecule has 0 radical (unpaired) electrons. The molecule has 0 fully saturated rings. The molecular formula is C11H10N4. The Bertz CT molecular complexity index is 538. The summed E-state index contributed by atoms with van der Waals surface area (Å²) in [7, 11) is 0. The van der Waals surface area contributed by atoms with Crippen LogP contribution in [0.15, 0.2) is 35.8 Å². The number of rotatable bonds is 0. The third kappa shape index (κ3) is 1.01. The molecule has 0 saturated heterocycles. The Hall–Kier alpha value is -2.10. The number of nitrogen functional groups attached to an aromatic ring is 1. The molecule has 0 atom stereocenters. The van der Waals surface area contributed by atoms with Crippen molar-refractivity contribution in [2.45, 2.75) is 6.42 Å². The Labute approximate surface area is 87.0 Å². The summed E-state index contributed by atoms with van der Waals surface area (Å²) in [5.41, 5.74) is 16.6. The first-order chi connectivity index (χ1) is 7.27. The van der Waals surface area contributed by atoms with Gasteiger partial charge in [-0.25, -0.2) is 9.97 Å². The lowest BCUT2D eigenvalue weighted by Gasteiger charge is -2.19. The number of anilines is 1. The molecule has 2 aliphatic carbocycles. The van der Waals surface area contributed by atoms with Crippen molar-refractivity contribution in [2.24, 2.45) is 5.73 Å². The first kappa shape index (κ1) is 8.23. The zero-order valence-electron chi connectivity index (χ0n) is 8.07. The van der Waals surface area contributed by atoms with Crippen LogP contribution in [0.5, 0.6) is 0 Å². The summed E-state index contributed by atoms with van der Waals surface area (Å²) in [5, 5.41) is 0. The van der Waals surface area contributed by atoms with Crippen LogP contribution < -0.4 is 11.5 Å². The average molecular weight is 198 g/mol. The zero-order chi connectivity index (χ0) is 10.4. The molecule has 4 nitrogen and oxygen atoms in total. The molecule has 1 heterocycles. The van der Waals surface area contributed by atoms with E-state index in [0.29, 0.717) is 12.2 Å². The standard InChI is InChI=1S/C11H10N4/c12-9-4-8-10(14-5-15-11(8)13)7-3-1-2-6(7)9/h1-3,5H,4,12H2,(H2,13,14,15). The Balaban J connectivity index is 2.29. The predicted molar refractivity (Wildman–Crippen MR) is 58.5 cm³/mol. The van der Waals surface area contributed by atoms with Crippen molar-refractivity contribution in [3.05, 3.63) is 47.1 Å². The monoisotopic (exact) mass is 198 g/mol. The first-order valence-corrected chi connectivity index (χ1v) is 4.74. The largest absolute Gasteiger partial charge is 0.401 e. The lowest BCUT2D eigenvalue weighted by molar-refractivity contribution is 1.00. The highest BCUT2D eigenvalue weighted by Gasteiger charge is 2.24. The van der Waals surface area contributed by atoms with Crippen molar-refractivity contribution < 1.29 is 0 Å². The van der Waals surface area contributed by atoms with Crippen molar-refractivity contribution >= 4 is 11.4 Å². The zero-order valence-corrected chi connectivity index (χ0v) is 8.07. The second-order valence-corrected chi connectivity index (χ2v) is 3.64. The van der Waals surface area contributed by atoms with Crippen molar-refractivity contribution in [1.29, 1.82) is 0 Å². The molecule has 0 bridgehead atoms. The van der Waals surface area contributed by atoms with Crippen LogP contribution in [0.4, 0.5) is 5.82 Å². The summed E-state index contributed by atoms with van der Waals surface area (Å²) in [6, 6.07) is 0. The van der Waals surface area contributed by atoms with Gasteiger partial charge in [-0.05, 0) is 0 Å². The molecule has 74 valence electrons. The number of hydrogen-bond donors (Lipinski definition) is 2. The fourth-order valence-corrected chi connectivity index (χ4v) is 2.02. The van der Waals surface area contributed by atoms with Gasteiger partial charge < -0.3 is 11.5 Å². The van der Waals surface area contributed by atoms with Crippen LogP contribution in [0.3, 0.4) is 0 Å². The number of nitrogens with two attached hydrogens (primary N) is 2. The summed E-state index contributed by atoms with van der Waals surface area (Å²) in [6.07, 6.45) is 8.12. The van der Waals surface area contributed by atoms with E-state index in [1.165, 1.54) is 6.33 Å². The van der Waals surface area contributed by atoms with Gasteiger partial charge in [0, 0.05) is 28.8 Å².